The lowest BCUT2D eigenvalue weighted by atomic mass is 9.55. The molecule has 0 bridgehead atoms. The molecule has 3 N–H and O–H groups in total. The summed E-state index contributed by atoms with van der Waals surface area (Å²) in [4.78, 5) is 11.7. The number of carbonyl (C=O) groups excluding carboxylic acids is 1. The van der Waals surface area contributed by atoms with Gasteiger partial charge in [-0.3, -0.25) is 4.79 Å². The minimum atomic E-state index is -0.430. The molecular weight excluding hydrogens is 295 g/mol. The van der Waals surface area contributed by atoms with Crippen LogP contribution in [0, 0.1) is 17.3 Å². The lowest BCUT2D eigenvalue weighted by Crippen LogP contribution is -2.52. The van der Waals surface area contributed by atoms with Gasteiger partial charge in [-0.2, -0.15) is 0 Å². The highest BCUT2D eigenvalue weighted by Gasteiger charge is 2.56. The first-order valence-corrected chi connectivity index (χ1v) is 8.12. The molecule has 0 aromatic carbocycles. The molecule has 1 saturated heterocycles. The zero-order chi connectivity index (χ0) is 14.3. The Hall–Kier alpha value is -0.510. The van der Waals surface area contributed by atoms with Crippen molar-refractivity contribution in [2.45, 2.75) is 31.1 Å². The third-order valence-electron chi connectivity index (χ3n) is 5.32. The Balaban J connectivity index is 2.05. The minimum absolute atomic E-state index is 0.316. The maximum Gasteiger partial charge on any atom is 0.246 e. The van der Waals surface area contributed by atoms with E-state index in [0.29, 0.717) is 17.4 Å². The van der Waals surface area contributed by atoms with Crippen molar-refractivity contribution in [1.29, 1.82) is 0 Å². The second-order valence-electron chi connectivity index (χ2n) is 6.11. The Bertz CT molecular complexity index is 478. The van der Waals surface area contributed by atoms with Gasteiger partial charge in [-0.15, -0.1) is 11.6 Å². The van der Waals surface area contributed by atoms with Gasteiger partial charge in [0.25, 0.3) is 0 Å². The van der Waals surface area contributed by atoms with E-state index < -0.39 is 11.3 Å². The number of hydrogen-bond donors (Lipinski definition) is 2. The first kappa shape index (κ1) is 14.4. The molecule has 1 amide bonds. The number of alkyl halides is 1. The largest absolute Gasteiger partial charge is 0.366 e. The highest BCUT2D eigenvalue weighted by molar-refractivity contribution is 6.33. The lowest BCUT2D eigenvalue weighted by Gasteiger charge is -2.53. The molecule has 0 aromatic heterocycles. The van der Waals surface area contributed by atoms with Gasteiger partial charge in [-0.05, 0) is 50.3 Å². The molecule has 2 aliphatic carbocycles. The van der Waals surface area contributed by atoms with Crippen LogP contribution in [0.4, 0.5) is 0 Å². The van der Waals surface area contributed by atoms with Crippen molar-refractivity contribution in [2.75, 3.05) is 13.1 Å². The standard InChI is InChI=1S/C15H20Cl2N2O/c16-12-5-4-11(14(18)20)13(17)15(12,9-2-1-3-9)10-6-7-19-8-10/h4-5,9-10,13,19H,1-3,6-8H2,(H2,18,20). The number of allylic oxidation sites excluding steroid dienone is 3. The van der Waals surface area contributed by atoms with Crippen LogP contribution in [0.25, 0.3) is 0 Å². The van der Waals surface area contributed by atoms with Crippen LogP contribution in [-0.4, -0.2) is 24.4 Å². The van der Waals surface area contributed by atoms with Crippen LogP contribution >= 0.6 is 23.2 Å². The highest BCUT2D eigenvalue weighted by atomic mass is 35.5. The average Bonchev–Trinajstić information content (AvgIpc) is 2.85. The Labute approximate surface area is 129 Å². The molecule has 110 valence electrons. The van der Waals surface area contributed by atoms with Crippen LogP contribution < -0.4 is 11.1 Å². The molecule has 5 heteroatoms. The minimum Gasteiger partial charge on any atom is -0.366 e. The van der Waals surface area contributed by atoms with Crippen molar-refractivity contribution in [3.8, 4) is 0 Å². The Kier molecular flexibility index (Phi) is 3.87. The van der Waals surface area contributed by atoms with Gasteiger partial charge in [0.15, 0.2) is 0 Å². The van der Waals surface area contributed by atoms with Gasteiger partial charge in [0.2, 0.25) is 5.91 Å². The molecule has 0 aromatic rings. The molecule has 1 saturated carbocycles. The van der Waals surface area contributed by atoms with E-state index in [2.05, 4.69) is 5.32 Å². The summed E-state index contributed by atoms with van der Waals surface area (Å²) in [6.45, 7) is 1.90. The fourth-order valence-corrected chi connectivity index (χ4v) is 5.25. The van der Waals surface area contributed by atoms with E-state index in [0.717, 1.165) is 37.4 Å². The molecule has 0 spiro atoms. The second-order valence-corrected chi connectivity index (χ2v) is 6.96. The van der Waals surface area contributed by atoms with Gasteiger partial charge in [0, 0.05) is 16.0 Å². The Morgan fingerprint density at radius 1 is 1.30 bits per heavy atom. The summed E-state index contributed by atoms with van der Waals surface area (Å²) in [5, 5.41) is 3.80. The fourth-order valence-electron chi connectivity index (χ4n) is 4.06. The first-order chi connectivity index (χ1) is 9.58. The van der Waals surface area contributed by atoms with Gasteiger partial charge >= 0.3 is 0 Å². The Morgan fingerprint density at radius 2 is 2.05 bits per heavy atom. The summed E-state index contributed by atoms with van der Waals surface area (Å²) in [7, 11) is 0. The fraction of sp³-hybridized carbons (Fsp3) is 0.667. The molecule has 3 rings (SSSR count). The molecule has 20 heavy (non-hydrogen) atoms. The van der Waals surface area contributed by atoms with Crippen LogP contribution in [0.15, 0.2) is 22.8 Å². The number of nitrogens with two attached hydrogens (primary N) is 1. The third-order valence-corrected chi connectivity index (χ3v) is 6.37. The van der Waals surface area contributed by atoms with Gasteiger partial charge < -0.3 is 11.1 Å². The van der Waals surface area contributed by atoms with Crippen molar-refractivity contribution in [1.82, 2.24) is 5.32 Å². The molecule has 3 aliphatic rings. The number of rotatable bonds is 3. The summed E-state index contributed by atoms with van der Waals surface area (Å²) >= 11 is 13.4. The summed E-state index contributed by atoms with van der Waals surface area (Å²) in [6, 6.07) is 0. The molecule has 3 unspecified atom stereocenters. The van der Waals surface area contributed by atoms with E-state index in [1.807, 2.05) is 6.08 Å². The number of amides is 1. The van der Waals surface area contributed by atoms with Crippen molar-refractivity contribution in [3.63, 3.8) is 0 Å². The van der Waals surface area contributed by atoms with E-state index in [9.17, 15) is 4.79 Å². The number of nitrogens with one attached hydrogen (secondary N) is 1. The second kappa shape index (κ2) is 5.36. The lowest BCUT2D eigenvalue weighted by molar-refractivity contribution is -0.115. The molecule has 0 radical (unpaired) electrons. The van der Waals surface area contributed by atoms with E-state index >= 15 is 0 Å². The summed E-state index contributed by atoms with van der Waals surface area (Å²) < 4.78 is 0. The summed E-state index contributed by atoms with van der Waals surface area (Å²) in [5.74, 6) is 0.406. The third kappa shape index (κ3) is 1.94. The maximum absolute atomic E-state index is 11.7. The summed E-state index contributed by atoms with van der Waals surface area (Å²) in [5.41, 5.74) is 5.70. The summed E-state index contributed by atoms with van der Waals surface area (Å²) in [6.07, 6.45) is 8.08. The number of carbonyl (C=O) groups is 1. The van der Waals surface area contributed by atoms with E-state index in [-0.39, 0.29) is 5.41 Å². The highest BCUT2D eigenvalue weighted by Crippen LogP contribution is 2.60. The van der Waals surface area contributed by atoms with Gasteiger partial charge in [-0.1, -0.05) is 24.1 Å². The van der Waals surface area contributed by atoms with E-state index in [4.69, 9.17) is 28.9 Å². The van der Waals surface area contributed by atoms with Crippen LogP contribution in [0.1, 0.15) is 25.7 Å². The van der Waals surface area contributed by atoms with Crippen LogP contribution in [0.3, 0.4) is 0 Å². The average molecular weight is 315 g/mol. The molecular formula is C15H20Cl2N2O. The van der Waals surface area contributed by atoms with Crippen LogP contribution in [-0.2, 0) is 4.79 Å². The van der Waals surface area contributed by atoms with E-state index in [1.54, 1.807) is 6.08 Å². The molecule has 1 aliphatic heterocycles. The zero-order valence-electron chi connectivity index (χ0n) is 11.4. The van der Waals surface area contributed by atoms with Crippen molar-refractivity contribution in [3.05, 3.63) is 22.8 Å². The van der Waals surface area contributed by atoms with Crippen molar-refractivity contribution in [2.24, 2.45) is 23.0 Å². The van der Waals surface area contributed by atoms with Crippen LogP contribution in [0.5, 0.6) is 0 Å². The monoisotopic (exact) mass is 314 g/mol. The number of halogens is 2. The van der Waals surface area contributed by atoms with Gasteiger partial charge in [0.1, 0.15) is 0 Å². The predicted molar refractivity (Wildman–Crippen MR) is 81.6 cm³/mol. The maximum atomic E-state index is 11.7. The topological polar surface area (TPSA) is 55.1 Å². The normalized spacial score (nSPS) is 38.1. The van der Waals surface area contributed by atoms with Gasteiger partial charge in [0.05, 0.1) is 5.38 Å². The molecule has 3 nitrogen and oxygen atoms in total. The molecule has 3 atom stereocenters. The Morgan fingerprint density at radius 3 is 2.55 bits per heavy atom. The molecule has 1 heterocycles. The predicted octanol–water partition coefficient (Wildman–Crippen LogP) is 2.54. The SMILES string of the molecule is NC(=O)C1=CC=C(Cl)C(C2CCC2)(C2CCNC2)C1Cl. The zero-order valence-corrected chi connectivity index (χ0v) is 12.9. The number of primary amides is 1. The van der Waals surface area contributed by atoms with Gasteiger partial charge in [-0.25, -0.2) is 0 Å². The number of hydrogen-bond acceptors (Lipinski definition) is 2. The van der Waals surface area contributed by atoms with Crippen molar-refractivity contribution >= 4 is 29.1 Å². The van der Waals surface area contributed by atoms with E-state index in [1.165, 1.54) is 6.42 Å². The smallest absolute Gasteiger partial charge is 0.246 e. The quantitative estimate of drug-likeness (QED) is 0.786. The van der Waals surface area contributed by atoms with Crippen LogP contribution in [0.2, 0.25) is 0 Å². The first-order valence-electron chi connectivity index (χ1n) is 7.31. The molecule has 2 fully saturated rings. The van der Waals surface area contributed by atoms with Crippen molar-refractivity contribution < 1.29 is 4.79 Å².